The van der Waals surface area contributed by atoms with Crippen LogP contribution < -0.4 is 10.6 Å². The summed E-state index contributed by atoms with van der Waals surface area (Å²) < 4.78 is 1.52. The van der Waals surface area contributed by atoms with Crippen LogP contribution in [0.15, 0.2) is 30.5 Å². The minimum atomic E-state index is -0.182. The second-order valence-corrected chi connectivity index (χ2v) is 5.04. The van der Waals surface area contributed by atoms with Crippen molar-refractivity contribution in [3.63, 3.8) is 0 Å². The van der Waals surface area contributed by atoms with Gasteiger partial charge in [-0.15, -0.1) is 5.10 Å². The van der Waals surface area contributed by atoms with E-state index in [0.29, 0.717) is 12.2 Å². The number of amides is 1. The fourth-order valence-corrected chi connectivity index (χ4v) is 2.42. The number of fused-ring (bicyclic) bond motifs is 1. The summed E-state index contributed by atoms with van der Waals surface area (Å²) in [6.45, 7) is 1.44. The molecule has 2 N–H and O–H groups in total. The van der Waals surface area contributed by atoms with Crippen molar-refractivity contribution in [2.45, 2.75) is 19.0 Å². The summed E-state index contributed by atoms with van der Waals surface area (Å²) in [4.78, 5) is 11.9. The predicted octanol–water partition coefficient (Wildman–Crippen LogP) is 0.259. The summed E-state index contributed by atoms with van der Waals surface area (Å²) in [6, 6.07) is 8.64. The molecule has 1 aromatic carbocycles. The molecule has 1 unspecified atom stereocenters. The van der Waals surface area contributed by atoms with E-state index >= 15 is 0 Å². The largest absolute Gasteiger partial charge is 0.349 e. The smallest absolute Gasteiger partial charge is 0.273 e. The van der Waals surface area contributed by atoms with Gasteiger partial charge >= 0.3 is 0 Å². The molecule has 1 amide bonds. The van der Waals surface area contributed by atoms with Crippen molar-refractivity contribution in [3.8, 4) is 0 Å². The van der Waals surface area contributed by atoms with E-state index in [1.807, 2.05) is 0 Å². The van der Waals surface area contributed by atoms with Crippen LogP contribution in [-0.4, -0.2) is 33.5 Å². The van der Waals surface area contributed by atoms with Gasteiger partial charge in [-0.1, -0.05) is 29.5 Å². The highest BCUT2D eigenvalue weighted by Gasteiger charge is 2.18. The third kappa shape index (κ3) is 2.70. The molecule has 1 atom stereocenters. The van der Waals surface area contributed by atoms with E-state index in [1.54, 1.807) is 13.2 Å². The van der Waals surface area contributed by atoms with E-state index in [1.165, 1.54) is 15.8 Å². The van der Waals surface area contributed by atoms with Crippen molar-refractivity contribution >= 4 is 5.91 Å². The molecule has 20 heavy (non-hydrogen) atoms. The van der Waals surface area contributed by atoms with Crippen molar-refractivity contribution < 1.29 is 4.79 Å². The van der Waals surface area contributed by atoms with Crippen LogP contribution in [0.25, 0.3) is 0 Å². The van der Waals surface area contributed by atoms with Gasteiger partial charge in [0, 0.05) is 26.2 Å². The van der Waals surface area contributed by atoms with E-state index in [9.17, 15) is 4.79 Å². The number of aromatic nitrogens is 3. The molecule has 6 nitrogen and oxygen atoms in total. The Morgan fingerprint density at radius 2 is 2.25 bits per heavy atom. The molecule has 0 saturated carbocycles. The van der Waals surface area contributed by atoms with Gasteiger partial charge in [0.1, 0.15) is 0 Å². The van der Waals surface area contributed by atoms with Gasteiger partial charge in [-0.25, -0.2) is 0 Å². The van der Waals surface area contributed by atoms with E-state index in [0.717, 1.165) is 13.0 Å². The fourth-order valence-electron chi connectivity index (χ4n) is 2.42. The van der Waals surface area contributed by atoms with Crippen molar-refractivity contribution in [1.29, 1.82) is 0 Å². The first kappa shape index (κ1) is 12.8. The monoisotopic (exact) mass is 271 g/mol. The summed E-state index contributed by atoms with van der Waals surface area (Å²) in [6.07, 6.45) is 2.54. The second kappa shape index (κ2) is 5.42. The van der Waals surface area contributed by atoms with Crippen LogP contribution in [0.4, 0.5) is 0 Å². The maximum atomic E-state index is 11.9. The zero-order valence-electron chi connectivity index (χ0n) is 11.3. The predicted molar refractivity (Wildman–Crippen MR) is 74.1 cm³/mol. The zero-order chi connectivity index (χ0) is 13.9. The lowest BCUT2D eigenvalue weighted by Crippen LogP contribution is -2.44. The van der Waals surface area contributed by atoms with Crippen LogP contribution >= 0.6 is 0 Å². The molecule has 2 heterocycles. The Labute approximate surface area is 117 Å². The molecule has 0 spiro atoms. The van der Waals surface area contributed by atoms with Gasteiger partial charge in [0.2, 0.25) is 0 Å². The van der Waals surface area contributed by atoms with Gasteiger partial charge in [0.05, 0.1) is 6.20 Å². The number of carbonyl (C=O) groups excluding carboxylic acids is 1. The topological polar surface area (TPSA) is 71.8 Å². The Morgan fingerprint density at radius 1 is 1.45 bits per heavy atom. The van der Waals surface area contributed by atoms with E-state index in [2.05, 4.69) is 45.2 Å². The molecule has 104 valence electrons. The summed E-state index contributed by atoms with van der Waals surface area (Å²) in [5, 5.41) is 13.9. The van der Waals surface area contributed by atoms with E-state index in [-0.39, 0.29) is 11.9 Å². The summed E-state index contributed by atoms with van der Waals surface area (Å²) >= 11 is 0. The zero-order valence-corrected chi connectivity index (χ0v) is 11.3. The molecule has 3 rings (SSSR count). The number of nitrogens with zero attached hydrogens (tertiary/aromatic N) is 3. The molecule has 0 saturated heterocycles. The first-order valence-electron chi connectivity index (χ1n) is 6.67. The Morgan fingerprint density at radius 3 is 3.00 bits per heavy atom. The van der Waals surface area contributed by atoms with Gasteiger partial charge < -0.3 is 10.6 Å². The first-order valence-corrected chi connectivity index (χ1v) is 6.67. The summed E-state index contributed by atoms with van der Waals surface area (Å²) in [5.41, 5.74) is 3.04. The molecule has 0 aliphatic carbocycles. The van der Waals surface area contributed by atoms with Crippen LogP contribution in [0.2, 0.25) is 0 Å². The second-order valence-electron chi connectivity index (χ2n) is 5.04. The number of carbonyl (C=O) groups is 1. The minimum Gasteiger partial charge on any atom is -0.349 e. The van der Waals surface area contributed by atoms with Crippen molar-refractivity contribution in [1.82, 2.24) is 25.6 Å². The standard InChI is InChI=1S/C14H17N5O/c1-19-9-13(17-18-19)14(20)16-8-12-6-10-4-2-3-5-11(10)7-15-12/h2-5,9,12,15H,6-8H2,1H3,(H,16,20). The van der Waals surface area contributed by atoms with Gasteiger partial charge in [0.25, 0.3) is 5.91 Å². The number of nitrogens with one attached hydrogen (secondary N) is 2. The van der Waals surface area contributed by atoms with Crippen molar-refractivity contribution in [2.24, 2.45) is 7.05 Å². The first-order chi connectivity index (χ1) is 9.72. The van der Waals surface area contributed by atoms with Crippen LogP contribution in [0.3, 0.4) is 0 Å². The maximum absolute atomic E-state index is 11.9. The highest BCUT2D eigenvalue weighted by atomic mass is 16.2. The molecule has 0 bridgehead atoms. The van der Waals surface area contributed by atoms with Crippen molar-refractivity contribution in [2.75, 3.05) is 6.54 Å². The number of hydrogen-bond acceptors (Lipinski definition) is 4. The molecule has 1 aliphatic rings. The minimum absolute atomic E-state index is 0.182. The molecule has 2 aromatic rings. The third-order valence-electron chi connectivity index (χ3n) is 3.51. The molecular weight excluding hydrogens is 254 g/mol. The van der Waals surface area contributed by atoms with E-state index in [4.69, 9.17) is 0 Å². The molecule has 6 heteroatoms. The third-order valence-corrected chi connectivity index (χ3v) is 3.51. The maximum Gasteiger partial charge on any atom is 0.273 e. The number of rotatable bonds is 3. The number of aryl methyl sites for hydroxylation is 1. The lowest BCUT2D eigenvalue weighted by Gasteiger charge is -2.26. The van der Waals surface area contributed by atoms with Gasteiger partial charge in [-0.2, -0.15) is 0 Å². The Hall–Kier alpha value is -2.21. The van der Waals surface area contributed by atoms with Crippen molar-refractivity contribution in [3.05, 3.63) is 47.3 Å². The highest BCUT2D eigenvalue weighted by Crippen LogP contribution is 2.15. The number of benzene rings is 1. The highest BCUT2D eigenvalue weighted by molar-refractivity contribution is 5.91. The molecule has 0 radical (unpaired) electrons. The van der Waals surface area contributed by atoms with Gasteiger partial charge in [-0.05, 0) is 17.5 Å². The lowest BCUT2D eigenvalue weighted by molar-refractivity contribution is 0.0944. The SMILES string of the molecule is Cn1cc(C(=O)NCC2Cc3ccccc3CN2)nn1. The molecule has 0 fully saturated rings. The lowest BCUT2D eigenvalue weighted by atomic mass is 9.96. The van der Waals surface area contributed by atoms with Crippen LogP contribution in [-0.2, 0) is 20.0 Å². The average molecular weight is 271 g/mol. The Kier molecular flexibility index (Phi) is 3.47. The molecule has 1 aromatic heterocycles. The molecule has 1 aliphatic heterocycles. The quantitative estimate of drug-likeness (QED) is 0.840. The summed E-state index contributed by atoms with van der Waals surface area (Å²) in [5.74, 6) is -0.182. The summed E-state index contributed by atoms with van der Waals surface area (Å²) in [7, 11) is 1.74. The Balaban J connectivity index is 1.56. The van der Waals surface area contributed by atoms with Gasteiger partial charge in [-0.3, -0.25) is 9.48 Å². The van der Waals surface area contributed by atoms with Crippen LogP contribution in [0.5, 0.6) is 0 Å². The number of hydrogen-bond donors (Lipinski definition) is 2. The Bertz CT molecular complexity index is 622. The molecular formula is C14H17N5O. The average Bonchev–Trinajstić information content (AvgIpc) is 2.91. The van der Waals surface area contributed by atoms with E-state index < -0.39 is 0 Å². The van der Waals surface area contributed by atoms with Gasteiger partial charge in [0.15, 0.2) is 5.69 Å². The fraction of sp³-hybridized carbons (Fsp3) is 0.357. The van der Waals surface area contributed by atoms with Crippen LogP contribution in [0, 0.1) is 0 Å². The van der Waals surface area contributed by atoms with Crippen LogP contribution in [0.1, 0.15) is 21.6 Å². The normalized spacial score (nSPS) is 17.6.